The summed E-state index contributed by atoms with van der Waals surface area (Å²) in [5.74, 6) is -0.788. The van der Waals surface area contributed by atoms with Crippen LogP contribution in [0.1, 0.15) is 18.1 Å². The van der Waals surface area contributed by atoms with E-state index in [1.807, 2.05) is 42.5 Å². The predicted octanol–water partition coefficient (Wildman–Crippen LogP) is 5.35. The Balaban J connectivity index is 1.67. The summed E-state index contributed by atoms with van der Waals surface area (Å²) < 4.78 is 13.6. The third kappa shape index (κ3) is 2.97. The molecule has 2 amide bonds. The second-order valence-corrected chi connectivity index (χ2v) is 9.49. The minimum atomic E-state index is -1.24. The summed E-state index contributed by atoms with van der Waals surface area (Å²) in [5.41, 5.74) is 2.80. The summed E-state index contributed by atoms with van der Waals surface area (Å²) >= 11 is 7.69. The van der Waals surface area contributed by atoms with E-state index in [0.717, 1.165) is 16.8 Å². The fourth-order valence-corrected chi connectivity index (χ4v) is 6.01. The van der Waals surface area contributed by atoms with Gasteiger partial charge in [-0.15, -0.1) is 11.8 Å². The Labute approximate surface area is 188 Å². The molecular formula is C24H18ClFN2O2S. The van der Waals surface area contributed by atoms with Crippen molar-refractivity contribution < 1.29 is 14.0 Å². The molecule has 0 aromatic heterocycles. The van der Waals surface area contributed by atoms with E-state index in [-0.39, 0.29) is 18.4 Å². The van der Waals surface area contributed by atoms with Gasteiger partial charge in [0.15, 0.2) is 0 Å². The average molecular weight is 453 g/mol. The normalized spacial score (nSPS) is 22.5. The summed E-state index contributed by atoms with van der Waals surface area (Å²) in [6.07, 6.45) is 0. The van der Waals surface area contributed by atoms with Gasteiger partial charge in [0.05, 0.1) is 17.5 Å². The maximum absolute atomic E-state index is 14.0. The molecule has 5 rings (SSSR count). The minimum absolute atomic E-state index is 0.181. The zero-order chi connectivity index (χ0) is 21.8. The molecule has 31 heavy (non-hydrogen) atoms. The molecule has 3 aromatic rings. The number of anilines is 2. The number of rotatable bonds is 3. The highest BCUT2D eigenvalue weighted by molar-refractivity contribution is 8.03. The lowest BCUT2D eigenvalue weighted by Crippen LogP contribution is -2.49. The molecule has 0 bridgehead atoms. The molecule has 0 N–H and O–H groups in total. The van der Waals surface area contributed by atoms with Gasteiger partial charge in [-0.2, -0.15) is 0 Å². The van der Waals surface area contributed by atoms with Crippen molar-refractivity contribution in [2.45, 2.75) is 23.6 Å². The van der Waals surface area contributed by atoms with E-state index in [4.69, 9.17) is 11.6 Å². The fourth-order valence-electron chi connectivity index (χ4n) is 4.28. The van der Waals surface area contributed by atoms with Crippen LogP contribution in [0.2, 0.25) is 5.02 Å². The molecule has 0 saturated carbocycles. The zero-order valence-corrected chi connectivity index (χ0v) is 18.2. The van der Waals surface area contributed by atoms with Gasteiger partial charge in [-0.1, -0.05) is 48.0 Å². The van der Waals surface area contributed by atoms with Gasteiger partial charge in [-0.3, -0.25) is 14.5 Å². The molecule has 2 aliphatic heterocycles. The molecule has 156 valence electrons. The summed E-state index contributed by atoms with van der Waals surface area (Å²) in [5, 5.41) is 0.148. The number of hydrogen-bond acceptors (Lipinski definition) is 3. The van der Waals surface area contributed by atoms with Crippen molar-refractivity contribution in [3.8, 4) is 0 Å². The maximum Gasteiger partial charge on any atom is 0.269 e. The number of para-hydroxylation sites is 1. The Morgan fingerprint density at radius 2 is 1.68 bits per heavy atom. The SMILES string of the molecule is C[C@@H]1S[C@]2(C(=O)N(Cc3ccccc3Cl)c3ccccc32)N(c2ccc(F)cc2)C1=O. The molecule has 0 aliphatic carbocycles. The summed E-state index contributed by atoms with van der Waals surface area (Å²) in [4.78, 5) is 29.2. The predicted molar refractivity (Wildman–Crippen MR) is 122 cm³/mol. The van der Waals surface area contributed by atoms with Crippen LogP contribution >= 0.6 is 23.4 Å². The number of fused-ring (bicyclic) bond motifs is 2. The molecule has 3 aromatic carbocycles. The third-order valence-corrected chi connectivity index (χ3v) is 7.54. The van der Waals surface area contributed by atoms with E-state index in [9.17, 15) is 14.0 Å². The van der Waals surface area contributed by atoms with Crippen LogP contribution in [0.15, 0.2) is 72.8 Å². The number of carbonyl (C=O) groups excluding carboxylic acids is 2. The van der Waals surface area contributed by atoms with Crippen molar-refractivity contribution in [1.82, 2.24) is 0 Å². The van der Waals surface area contributed by atoms with E-state index in [2.05, 4.69) is 0 Å². The molecule has 1 fully saturated rings. The molecule has 4 nitrogen and oxygen atoms in total. The van der Waals surface area contributed by atoms with Crippen molar-refractivity contribution in [2.24, 2.45) is 0 Å². The fraction of sp³-hybridized carbons (Fsp3) is 0.167. The molecule has 1 spiro atoms. The summed E-state index contributed by atoms with van der Waals surface area (Å²) in [6, 6.07) is 20.6. The van der Waals surface area contributed by atoms with E-state index in [1.165, 1.54) is 28.8 Å². The Kier molecular flexibility index (Phi) is 4.79. The van der Waals surface area contributed by atoms with Gasteiger partial charge in [0.1, 0.15) is 5.82 Å². The second kappa shape index (κ2) is 7.39. The van der Waals surface area contributed by atoms with E-state index in [0.29, 0.717) is 10.7 Å². The topological polar surface area (TPSA) is 40.6 Å². The first-order chi connectivity index (χ1) is 14.9. The van der Waals surface area contributed by atoms with Gasteiger partial charge < -0.3 is 4.90 Å². The lowest BCUT2D eigenvalue weighted by molar-refractivity contribution is -0.124. The Morgan fingerprint density at radius 1 is 1.00 bits per heavy atom. The van der Waals surface area contributed by atoms with Crippen molar-refractivity contribution in [3.05, 3.63) is 94.8 Å². The van der Waals surface area contributed by atoms with E-state index >= 15 is 0 Å². The summed E-state index contributed by atoms with van der Waals surface area (Å²) in [7, 11) is 0. The standard InChI is InChI=1S/C24H18ClFN2O2S/c1-15-22(29)28(18-12-10-17(26)11-13-18)24(31-15)19-7-3-5-9-21(19)27(23(24)30)14-16-6-2-4-8-20(16)25/h2-13,15H,14H2,1H3/t15-,24+/m0/s1. The highest BCUT2D eigenvalue weighted by Gasteiger charge is 2.63. The van der Waals surface area contributed by atoms with Gasteiger partial charge in [-0.25, -0.2) is 4.39 Å². The van der Waals surface area contributed by atoms with E-state index in [1.54, 1.807) is 30.0 Å². The Morgan fingerprint density at radius 3 is 2.42 bits per heavy atom. The molecule has 2 aliphatic rings. The largest absolute Gasteiger partial charge is 0.304 e. The highest BCUT2D eigenvalue weighted by atomic mass is 35.5. The number of halogens is 2. The monoisotopic (exact) mass is 452 g/mol. The van der Waals surface area contributed by atoms with Crippen LogP contribution < -0.4 is 9.80 Å². The average Bonchev–Trinajstić information content (AvgIpc) is 3.17. The number of thioether (sulfide) groups is 1. The van der Waals surface area contributed by atoms with Crippen molar-refractivity contribution in [1.29, 1.82) is 0 Å². The second-order valence-electron chi connectivity index (χ2n) is 7.55. The molecule has 0 radical (unpaired) electrons. The van der Waals surface area contributed by atoms with Crippen LogP contribution in [0.25, 0.3) is 0 Å². The van der Waals surface area contributed by atoms with Crippen LogP contribution in [-0.4, -0.2) is 17.1 Å². The highest BCUT2D eigenvalue weighted by Crippen LogP contribution is 2.58. The van der Waals surface area contributed by atoms with Gasteiger partial charge >= 0.3 is 0 Å². The number of benzene rings is 3. The Hall–Kier alpha value is -2.83. The molecule has 0 unspecified atom stereocenters. The van der Waals surface area contributed by atoms with Crippen molar-refractivity contribution in [3.63, 3.8) is 0 Å². The van der Waals surface area contributed by atoms with Gasteiger partial charge in [0, 0.05) is 16.3 Å². The maximum atomic E-state index is 14.0. The van der Waals surface area contributed by atoms with Crippen LogP contribution in [0, 0.1) is 5.82 Å². The van der Waals surface area contributed by atoms with Crippen LogP contribution in [0.4, 0.5) is 15.8 Å². The van der Waals surface area contributed by atoms with Gasteiger partial charge in [0.2, 0.25) is 10.8 Å². The first-order valence-electron chi connectivity index (χ1n) is 9.86. The summed E-state index contributed by atoms with van der Waals surface area (Å²) in [6.45, 7) is 2.09. The molecule has 7 heteroatoms. The van der Waals surface area contributed by atoms with Crippen LogP contribution in [0.5, 0.6) is 0 Å². The number of carbonyl (C=O) groups is 2. The number of amides is 2. The minimum Gasteiger partial charge on any atom is -0.304 e. The van der Waals surface area contributed by atoms with Crippen molar-refractivity contribution in [2.75, 3.05) is 9.80 Å². The lowest BCUT2D eigenvalue weighted by Gasteiger charge is -2.33. The number of nitrogens with zero attached hydrogens (tertiary/aromatic N) is 2. The third-order valence-electron chi connectivity index (χ3n) is 5.70. The first-order valence-corrected chi connectivity index (χ1v) is 11.1. The first kappa shape index (κ1) is 20.1. The van der Waals surface area contributed by atoms with E-state index < -0.39 is 15.9 Å². The molecule has 2 atom stereocenters. The molecule has 2 heterocycles. The smallest absolute Gasteiger partial charge is 0.269 e. The zero-order valence-electron chi connectivity index (χ0n) is 16.6. The molecular weight excluding hydrogens is 435 g/mol. The molecule has 1 saturated heterocycles. The van der Waals surface area contributed by atoms with Gasteiger partial charge in [-0.05, 0) is 48.9 Å². The number of hydrogen-bond donors (Lipinski definition) is 0. The van der Waals surface area contributed by atoms with Gasteiger partial charge in [0.25, 0.3) is 5.91 Å². The van der Waals surface area contributed by atoms with Crippen LogP contribution in [-0.2, 0) is 21.0 Å². The van der Waals surface area contributed by atoms with Crippen LogP contribution in [0.3, 0.4) is 0 Å². The lowest BCUT2D eigenvalue weighted by atomic mass is 10.0. The van der Waals surface area contributed by atoms with Crippen molar-refractivity contribution >= 4 is 46.6 Å². The quantitative estimate of drug-likeness (QED) is 0.538. The Bertz CT molecular complexity index is 1200.